The number of alkyl halides is 1. The van der Waals surface area contributed by atoms with Crippen LogP contribution in [0.4, 0.5) is 0 Å². The molecule has 0 amide bonds. The highest BCUT2D eigenvalue weighted by molar-refractivity contribution is 6.48. The fraction of sp³-hybridized carbons (Fsp3) is 0.400. The SMILES string of the molecule is CCc1noc(C(Cl)=CC=CC(C)Cl)n1. The molecule has 1 aromatic heterocycles. The molecule has 0 N–H and O–H groups in total. The van der Waals surface area contributed by atoms with Crippen LogP contribution in [0, 0.1) is 0 Å². The molecule has 1 rings (SSSR count). The van der Waals surface area contributed by atoms with Crippen LogP contribution in [0.15, 0.2) is 22.8 Å². The molecule has 1 heterocycles. The first-order valence-electron chi connectivity index (χ1n) is 4.64. The number of hydrogen-bond donors (Lipinski definition) is 0. The second kappa shape index (κ2) is 5.93. The van der Waals surface area contributed by atoms with Gasteiger partial charge in [0.1, 0.15) is 5.03 Å². The van der Waals surface area contributed by atoms with E-state index >= 15 is 0 Å². The molecule has 0 radical (unpaired) electrons. The second-order valence-corrected chi connectivity index (χ2v) is 4.04. The van der Waals surface area contributed by atoms with Gasteiger partial charge < -0.3 is 4.52 Å². The quantitative estimate of drug-likeness (QED) is 0.604. The minimum Gasteiger partial charge on any atom is -0.333 e. The van der Waals surface area contributed by atoms with Crippen LogP contribution in [0.3, 0.4) is 0 Å². The summed E-state index contributed by atoms with van der Waals surface area (Å²) in [4.78, 5) is 4.08. The average Bonchev–Trinajstić information content (AvgIpc) is 2.65. The van der Waals surface area contributed by atoms with E-state index in [2.05, 4.69) is 10.1 Å². The molecule has 0 aliphatic heterocycles. The molecule has 0 aliphatic rings. The number of nitrogens with zero attached hydrogens (tertiary/aromatic N) is 2. The molecule has 0 spiro atoms. The Kier molecular flexibility index (Phi) is 4.85. The van der Waals surface area contributed by atoms with Gasteiger partial charge in [-0.2, -0.15) is 4.98 Å². The van der Waals surface area contributed by atoms with Crippen molar-refractivity contribution in [3.05, 3.63) is 29.9 Å². The van der Waals surface area contributed by atoms with Crippen LogP contribution in [0.5, 0.6) is 0 Å². The van der Waals surface area contributed by atoms with E-state index in [-0.39, 0.29) is 5.38 Å². The van der Waals surface area contributed by atoms with Gasteiger partial charge >= 0.3 is 0 Å². The van der Waals surface area contributed by atoms with E-state index < -0.39 is 0 Å². The molecule has 3 nitrogen and oxygen atoms in total. The Bertz CT molecular complexity index is 369. The van der Waals surface area contributed by atoms with Gasteiger partial charge in [-0.15, -0.1) is 11.6 Å². The monoisotopic (exact) mass is 246 g/mol. The van der Waals surface area contributed by atoms with Crippen molar-refractivity contribution in [2.24, 2.45) is 0 Å². The smallest absolute Gasteiger partial charge is 0.269 e. The van der Waals surface area contributed by atoms with Crippen LogP contribution in [-0.2, 0) is 6.42 Å². The molecular weight excluding hydrogens is 235 g/mol. The molecule has 0 saturated carbocycles. The molecule has 0 bridgehead atoms. The summed E-state index contributed by atoms with van der Waals surface area (Å²) in [5.41, 5.74) is 0. The third-order valence-electron chi connectivity index (χ3n) is 1.61. The predicted octanol–water partition coefficient (Wildman–Crippen LogP) is 3.40. The highest BCUT2D eigenvalue weighted by Gasteiger charge is 2.06. The molecule has 0 aromatic carbocycles. The third-order valence-corrected chi connectivity index (χ3v) is 2.04. The van der Waals surface area contributed by atoms with Crippen LogP contribution >= 0.6 is 23.2 Å². The molecule has 5 heteroatoms. The maximum Gasteiger partial charge on any atom is 0.269 e. The van der Waals surface area contributed by atoms with Gasteiger partial charge in [-0.3, -0.25) is 0 Å². The molecule has 0 saturated heterocycles. The molecule has 1 unspecified atom stereocenters. The highest BCUT2D eigenvalue weighted by Crippen LogP contribution is 2.16. The van der Waals surface area contributed by atoms with Crippen LogP contribution in [-0.4, -0.2) is 15.5 Å². The number of aromatic nitrogens is 2. The van der Waals surface area contributed by atoms with Gasteiger partial charge in [0.05, 0.1) is 0 Å². The fourth-order valence-electron chi connectivity index (χ4n) is 0.859. The standard InChI is InChI=1S/C10H12Cl2N2O/c1-3-9-13-10(15-14-9)8(12)6-4-5-7(2)11/h4-7H,3H2,1-2H3. The number of aryl methyl sites for hydroxylation is 1. The van der Waals surface area contributed by atoms with E-state index in [1.54, 1.807) is 18.2 Å². The summed E-state index contributed by atoms with van der Waals surface area (Å²) in [5.74, 6) is 0.978. The Morgan fingerprint density at radius 2 is 2.33 bits per heavy atom. The molecule has 15 heavy (non-hydrogen) atoms. The molecule has 0 aliphatic carbocycles. The zero-order chi connectivity index (χ0) is 11.3. The van der Waals surface area contributed by atoms with Gasteiger partial charge in [0.25, 0.3) is 5.89 Å². The maximum absolute atomic E-state index is 5.93. The lowest BCUT2D eigenvalue weighted by molar-refractivity contribution is 0.402. The van der Waals surface area contributed by atoms with Gasteiger partial charge in [-0.1, -0.05) is 35.8 Å². The lowest BCUT2D eigenvalue weighted by Crippen LogP contribution is -1.83. The molecule has 1 aromatic rings. The third kappa shape index (κ3) is 4.06. The average molecular weight is 247 g/mol. The Hall–Kier alpha value is -0.800. The first kappa shape index (κ1) is 12.3. The molecule has 82 valence electrons. The summed E-state index contributed by atoms with van der Waals surface area (Å²) >= 11 is 11.7. The fourth-order valence-corrected chi connectivity index (χ4v) is 1.09. The van der Waals surface area contributed by atoms with E-state index in [0.717, 1.165) is 6.42 Å². The van der Waals surface area contributed by atoms with Crippen molar-refractivity contribution < 1.29 is 4.52 Å². The number of halogens is 2. The zero-order valence-electron chi connectivity index (χ0n) is 8.58. The normalized spacial score (nSPS) is 14.8. The van der Waals surface area contributed by atoms with Crippen LogP contribution in [0.1, 0.15) is 25.6 Å². The number of allylic oxidation sites excluding steroid dienone is 3. The first-order valence-corrected chi connectivity index (χ1v) is 5.46. The van der Waals surface area contributed by atoms with Gasteiger partial charge in [0.15, 0.2) is 5.82 Å². The number of rotatable bonds is 4. The highest BCUT2D eigenvalue weighted by atomic mass is 35.5. The van der Waals surface area contributed by atoms with Crippen LogP contribution in [0.25, 0.3) is 5.03 Å². The first-order chi connectivity index (χ1) is 7.13. The summed E-state index contributed by atoms with van der Waals surface area (Å²) in [6.45, 7) is 3.81. The van der Waals surface area contributed by atoms with E-state index in [4.69, 9.17) is 27.7 Å². The van der Waals surface area contributed by atoms with Crippen molar-refractivity contribution in [3.63, 3.8) is 0 Å². The van der Waals surface area contributed by atoms with E-state index in [9.17, 15) is 0 Å². The van der Waals surface area contributed by atoms with Crippen molar-refractivity contribution in [2.75, 3.05) is 0 Å². The minimum absolute atomic E-state index is 0.0281. The van der Waals surface area contributed by atoms with Gasteiger partial charge in [0.2, 0.25) is 0 Å². The lowest BCUT2D eigenvalue weighted by atomic mass is 10.3. The summed E-state index contributed by atoms with van der Waals surface area (Å²) in [5, 5.41) is 4.12. The van der Waals surface area contributed by atoms with Crippen molar-refractivity contribution >= 4 is 28.2 Å². The largest absolute Gasteiger partial charge is 0.333 e. The Balaban J connectivity index is 2.71. The Labute approximate surface area is 98.8 Å². The second-order valence-electron chi connectivity index (χ2n) is 2.95. The van der Waals surface area contributed by atoms with Crippen molar-refractivity contribution in [1.82, 2.24) is 10.1 Å². The van der Waals surface area contributed by atoms with Crippen molar-refractivity contribution in [3.8, 4) is 0 Å². The zero-order valence-corrected chi connectivity index (χ0v) is 10.1. The van der Waals surface area contributed by atoms with E-state index in [0.29, 0.717) is 16.7 Å². The van der Waals surface area contributed by atoms with Gasteiger partial charge in [-0.05, 0) is 13.0 Å². The van der Waals surface area contributed by atoms with Crippen LogP contribution < -0.4 is 0 Å². The summed E-state index contributed by atoms with van der Waals surface area (Å²) < 4.78 is 4.95. The van der Waals surface area contributed by atoms with E-state index in [1.807, 2.05) is 13.8 Å². The Morgan fingerprint density at radius 1 is 1.60 bits per heavy atom. The van der Waals surface area contributed by atoms with Gasteiger partial charge in [0, 0.05) is 11.8 Å². The molecule has 0 fully saturated rings. The lowest BCUT2D eigenvalue weighted by Gasteiger charge is -1.89. The minimum atomic E-state index is -0.0281. The van der Waals surface area contributed by atoms with Gasteiger partial charge in [-0.25, -0.2) is 0 Å². The Morgan fingerprint density at radius 3 is 2.87 bits per heavy atom. The summed E-state index contributed by atoms with van der Waals surface area (Å²) in [6, 6.07) is 0. The summed E-state index contributed by atoms with van der Waals surface area (Å²) in [6.07, 6.45) is 5.96. The van der Waals surface area contributed by atoms with Crippen LogP contribution in [0.2, 0.25) is 0 Å². The maximum atomic E-state index is 5.93. The van der Waals surface area contributed by atoms with Crippen molar-refractivity contribution in [2.45, 2.75) is 25.6 Å². The topological polar surface area (TPSA) is 38.9 Å². The molecule has 1 atom stereocenters. The molecular formula is C10H12Cl2N2O. The summed E-state index contributed by atoms with van der Waals surface area (Å²) in [7, 11) is 0. The number of hydrogen-bond acceptors (Lipinski definition) is 3. The predicted molar refractivity (Wildman–Crippen MR) is 62.0 cm³/mol. The van der Waals surface area contributed by atoms with Crippen molar-refractivity contribution in [1.29, 1.82) is 0 Å². The van der Waals surface area contributed by atoms with E-state index in [1.165, 1.54) is 0 Å².